The lowest BCUT2D eigenvalue weighted by atomic mass is 10.2. The average molecular weight is 641 g/mol. The molecule has 0 bridgehead atoms. The highest BCUT2D eigenvalue weighted by molar-refractivity contribution is 7.22. The summed E-state index contributed by atoms with van der Waals surface area (Å²) in [5, 5.41) is 5.53. The minimum Gasteiger partial charge on any atom is -0.497 e. The van der Waals surface area contributed by atoms with Crippen LogP contribution < -0.4 is 20.1 Å². The lowest BCUT2D eigenvalue weighted by Crippen LogP contribution is -2.12. The quantitative estimate of drug-likeness (QED) is 0.181. The van der Waals surface area contributed by atoms with E-state index >= 15 is 0 Å². The molecule has 224 valence electrons. The van der Waals surface area contributed by atoms with Crippen molar-refractivity contribution < 1.29 is 36.6 Å². The topological polar surface area (TPSA) is 102 Å². The molecule has 0 fully saturated rings. The minimum atomic E-state index is -0.760. The van der Waals surface area contributed by atoms with Crippen molar-refractivity contribution in [3.63, 3.8) is 0 Å². The van der Waals surface area contributed by atoms with Gasteiger partial charge in [0.25, 0.3) is 11.8 Å². The van der Waals surface area contributed by atoms with E-state index < -0.39 is 35.1 Å². The SMILES string of the molecule is COc1cccc(C(=O)Nc2nc3c(F)cc(F)cc3s2)c1.COc1ccccc1C(=O)Nc1nc2c(F)cc(F)cc2s1. The second-order valence-corrected chi connectivity index (χ2v) is 10.9. The zero-order chi connectivity index (χ0) is 31.4. The monoisotopic (exact) mass is 640 g/mol. The third kappa shape index (κ3) is 6.76. The zero-order valence-corrected chi connectivity index (χ0v) is 24.4. The molecule has 14 heteroatoms. The van der Waals surface area contributed by atoms with Crippen LogP contribution in [-0.4, -0.2) is 36.0 Å². The van der Waals surface area contributed by atoms with Crippen molar-refractivity contribution in [1.82, 2.24) is 9.97 Å². The van der Waals surface area contributed by atoms with Crippen molar-refractivity contribution in [2.24, 2.45) is 0 Å². The highest BCUT2D eigenvalue weighted by Gasteiger charge is 2.16. The standard InChI is InChI=1S/2C15H10F2N2O2S/c1-21-10-4-2-3-8(5-10)14(20)19-15-18-13-11(17)6-9(16)7-12(13)22-15;1-21-11-5-3-2-4-9(11)14(20)19-15-18-13-10(17)6-8(16)7-12(13)22-15/h2*2-7H,1H3,(H,18,19,20). The maximum absolute atomic E-state index is 13.6. The first-order valence-electron chi connectivity index (χ1n) is 12.6. The number of halogens is 4. The van der Waals surface area contributed by atoms with E-state index in [4.69, 9.17) is 9.47 Å². The summed E-state index contributed by atoms with van der Waals surface area (Å²) in [5.41, 5.74) is 0.773. The Kier molecular flexibility index (Phi) is 9.01. The molecule has 0 spiro atoms. The van der Waals surface area contributed by atoms with Crippen LogP contribution in [0.1, 0.15) is 20.7 Å². The molecule has 44 heavy (non-hydrogen) atoms. The molecule has 0 atom stereocenters. The van der Waals surface area contributed by atoms with Gasteiger partial charge in [-0.1, -0.05) is 40.9 Å². The van der Waals surface area contributed by atoms with Gasteiger partial charge in [0, 0.05) is 17.7 Å². The number of nitrogens with zero attached hydrogens (tertiary/aromatic N) is 2. The number of nitrogens with one attached hydrogen (secondary N) is 2. The summed E-state index contributed by atoms with van der Waals surface area (Å²) in [4.78, 5) is 32.3. The predicted octanol–water partition coefficient (Wildman–Crippen LogP) is 7.67. The second-order valence-electron chi connectivity index (χ2n) is 8.85. The number of aromatic nitrogens is 2. The van der Waals surface area contributed by atoms with Crippen molar-refractivity contribution in [3.8, 4) is 11.5 Å². The summed E-state index contributed by atoms with van der Waals surface area (Å²) in [6.45, 7) is 0. The number of fused-ring (bicyclic) bond motifs is 2. The molecular weight excluding hydrogens is 620 g/mol. The Balaban J connectivity index is 0.000000175. The maximum Gasteiger partial charge on any atom is 0.261 e. The maximum atomic E-state index is 13.6. The normalized spacial score (nSPS) is 10.7. The van der Waals surface area contributed by atoms with Crippen LogP contribution >= 0.6 is 22.7 Å². The number of hydrogen-bond acceptors (Lipinski definition) is 8. The van der Waals surface area contributed by atoms with Gasteiger partial charge >= 0.3 is 0 Å². The molecule has 0 saturated carbocycles. The van der Waals surface area contributed by atoms with Crippen LogP contribution in [0.25, 0.3) is 20.4 Å². The first-order chi connectivity index (χ1) is 21.1. The van der Waals surface area contributed by atoms with Gasteiger partial charge in [0.15, 0.2) is 21.9 Å². The molecule has 2 heterocycles. The Labute approximate surface area is 254 Å². The van der Waals surface area contributed by atoms with Crippen LogP contribution in [0.5, 0.6) is 11.5 Å². The summed E-state index contributed by atoms with van der Waals surface area (Å²) < 4.78 is 64.3. The highest BCUT2D eigenvalue weighted by atomic mass is 32.1. The van der Waals surface area contributed by atoms with Crippen LogP contribution in [0, 0.1) is 23.3 Å². The van der Waals surface area contributed by atoms with E-state index in [0.717, 1.165) is 34.8 Å². The summed E-state index contributed by atoms with van der Waals surface area (Å²) in [5.74, 6) is -2.76. The number of benzene rings is 4. The lowest BCUT2D eigenvalue weighted by molar-refractivity contribution is 0.101. The fourth-order valence-electron chi connectivity index (χ4n) is 3.95. The van der Waals surface area contributed by atoms with E-state index in [-0.39, 0.29) is 21.3 Å². The number of ether oxygens (including phenoxy) is 2. The Morgan fingerprint density at radius 2 is 1.25 bits per heavy atom. The molecule has 6 aromatic rings. The first kappa shape index (κ1) is 30.4. The molecule has 6 rings (SSSR count). The van der Waals surface area contributed by atoms with Crippen LogP contribution in [-0.2, 0) is 0 Å². The second kappa shape index (κ2) is 13.1. The Hall–Kier alpha value is -5.08. The van der Waals surface area contributed by atoms with Gasteiger partial charge in [0.05, 0.1) is 29.2 Å². The fourth-order valence-corrected chi connectivity index (χ4v) is 5.75. The number of amides is 2. The number of methoxy groups -OCH3 is 2. The fraction of sp³-hybridized carbons (Fsp3) is 0.0667. The largest absolute Gasteiger partial charge is 0.497 e. The molecule has 8 nitrogen and oxygen atoms in total. The van der Waals surface area contributed by atoms with Crippen molar-refractivity contribution >= 4 is 65.2 Å². The predicted molar refractivity (Wildman–Crippen MR) is 161 cm³/mol. The van der Waals surface area contributed by atoms with Crippen LogP contribution in [0.15, 0.2) is 72.8 Å². The summed E-state index contributed by atoms with van der Waals surface area (Å²) in [7, 11) is 2.96. The summed E-state index contributed by atoms with van der Waals surface area (Å²) in [6, 6.07) is 17.2. The van der Waals surface area contributed by atoms with Crippen molar-refractivity contribution in [3.05, 3.63) is 107 Å². The molecule has 0 aliphatic heterocycles. The van der Waals surface area contributed by atoms with Gasteiger partial charge in [-0.05, 0) is 42.5 Å². The molecule has 0 saturated heterocycles. The Bertz CT molecular complexity index is 2010. The van der Waals surface area contributed by atoms with E-state index in [1.165, 1.54) is 26.4 Å². The number of carbonyl (C=O) groups is 2. The molecule has 0 aliphatic rings. The van der Waals surface area contributed by atoms with Gasteiger partial charge in [-0.15, -0.1) is 0 Å². The van der Waals surface area contributed by atoms with E-state index in [0.29, 0.717) is 32.0 Å². The zero-order valence-electron chi connectivity index (χ0n) is 22.8. The molecule has 0 radical (unpaired) electrons. The van der Waals surface area contributed by atoms with Crippen LogP contribution in [0.3, 0.4) is 0 Å². The molecular formula is C30H20F4N4O4S2. The highest BCUT2D eigenvalue weighted by Crippen LogP contribution is 2.30. The molecule has 2 N–H and O–H groups in total. The summed E-state index contributed by atoms with van der Waals surface area (Å²) in [6.07, 6.45) is 0. The van der Waals surface area contributed by atoms with Gasteiger partial charge in [0.1, 0.15) is 34.2 Å². The molecule has 2 aromatic heterocycles. The van der Waals surface area contributed by atoms with Crippen molar-refractivity contribution in [2.45, 2.75) is 0 Å². The van der Waals surface area contributed by atoms with Gasteiger partial charge in [0.2, 0.25) is 0 Å². The third-order valence-electron chi connectivity index (χ3n) is 5.95. The number of carbonyl (C=O) groups excluding carboxylic acids is 2. The lowest BCUT2D eigenvalue weighted by Gasteiger charge is -2.06. The van der Waals surface area contributed by atoms with Gasteiger partial charge in [-0.2, -0.15) is 0 Å². The van der Waals surface area contributed by atoms with E-state index in [9.17, 15) is 27.2 Å². The average Bonchev–Trinajstić information content (AvgIpc) is 3.61. The number of anilines is 2. The van der Waals surface area contributed by atoms with Crippen LogP contribution in [0.2, 0.25) is 0 Å². The molecule has 2 amide bonds. The smallest absolute Gasteiger partial charge is 0.261 e. The minimum absolute atomic E-state index is 0.0294. The molecule has 4 aromatic carbocycles. The number of thiazole rings is 2. The van der Waals surface area contributed by atoms with Gasteiger partial charge < -0.3 is 9.47 Å². The number of para-hydroxylation sites is 1. The van der Waals surface area contributed by atoms with E-state index in [1.54, 1.807) is 48.5 Å². The van der Waals surface area contributed by atoms with Gasteiger partial charge in [-0.25, -0.2) is 27.5 Å². The van der Waals surface area contributed by atoms with Crippen molar-refractivity contribution in [2.75, 3.05) is 24.9 Å². The van der Waals surface area contributed by atoms with Crippen LogP contribution in [0.4, 0.5) is 27.8 Å². The van der Waals surface area contributed by atoms with Gasteiger partial charge in [-0.3, -0.25) is 20.2 Å². The number of rotatable bonds is 6. The van der Waals surface area contributed by atoms with E-state index in [2.05, 4.69) is 20.6 Å². The van der Waals surface area contributed by atoms with E-state index in [1.807, 2.05) is 0 Å². The Morgan fingerprint density at radius 3 is 1.82 bits per heavy atom. The third-order valence-corrected chi connectivity index (χ3v) is 7.79. The van der Waals surface area contributed by atoms with Crippen molar-refractivity contribution in [1.29, 1.82) is 0 Å². The molecule has 0 unspecified atom stereocenters. The summed E-state index contributed by atoms with van der Waals surface area (Å²) >= 11 is 2.00. The molecule has 0 aliphatic carbocycles. The number of hydrogen-bond donors (Lipinski definition) is 2. The first-order valence-corrected chi connectivity index (χ1v) is 14.2. The Morgan fingerprint density at radius 1 is 0.682 bits per heavy atom.